The first-order chi connectivity index (χ1) is 10.8. The smallest absolute Gasteiger partial charge is 0.185 e. The molecule has 0 amide bonds. The van der Waals surface area contributed by atoms with E-state index in [1.54, 1.807) is 0 Å². The van der Waals surface area contributed by atoms with Gasteiger partial charge in [0.25, 0.3) is 0 Å². The van der Waals surface area contributed by atoms with Crippen molar-refractivity contribution in [3.05, 3.63) is 0 Å². The van der Waals surface area contributed by atoms with E-state index in [1.165, 1.54) is 7.11 Å². The number of hydrogen-bond donors (Lipinski definition) is 5. The van der Waals surface area contributed by atoms with Gasteiger partial charge in [-0.1, -0.05) is 6.92 Å². The Balaban J connectivity index is 2.11. The summed E-state index contributed by atoms with van der Waals surface area (Å²) in [4.78, 5) is 0. The van der Waals surface area contributed by atoms with Crippen LogP contribution in [0.15, 0.2) is 0 Å². The summed E-state index contributed by atoms with van der Waals surface area (Å²) in [5, 5.41) is 39.3. The van der Waals surface area contributed by atoms with Gasteiger partial charge in [0, 0.05) is 25.7 Å². The van der Waals surface area contributed by atoms with Crippen LogP contribution in [0.25, 0.3) is 0 Å². The average Bonchev–Trinajstić information content (AvgIpc) is 2.55. The molecule has 2 rings (SSSR count). The number of ether oxygens (including phenoxy) is 3. The fourth-order valence-electron chi connectivity index (χ4n) is 3.35. The molecule has 0 bridgehead atoms. The summed E-state index contributed by atoms with van der Waals surface area (Å²) in [5.41, 5.74) is 6.24. The highest BCUT2D eigenvalue weighted by molar-refractivity contribution is 4.96. The fraction of sp³-hybridized carbons (Fsp3) is 1.00. The monoisotopic (exact) mass is 335 g/mol. The maximum absolute atomic E-state index is 10.2. The van der Waals surface area contributed by atoms with Crippen LogP contribution in [-0.2, 0) is 14.2 Å². The lowest BCUT2D eigenvalue weighted by atomic mass is 9.80. The summed E-state index contributed by atoms with van der Waals surface area (Å²) in [5.74, 6) is -0.548. The summed E-state index contributed by atoms with van der Waals surface area (Å²) in [6.07, 6.45) is -5.81. The molecule has 1 saturated carbocycles. The summed E-state index contributed by atoms with van der Waals surface area (Å²) in [7, 11) is 1.49. The van der Waals surface area contributed by atoms with E-state index in [0.29, 0.717) is 0 Å². The van der Waals surface area contributed by atoms with Crippen LogP contribution in [0.4, 0.5) is 0 Å². The molecule has 10 unspecified atom stereocenters. The molecule has 136 valence electrons. The third kappa shape index (κ3) is 3.69. The minimum Gasteiger partial charge on any atom is -0.396 e. The van der Waals surface area contributed by atoms with Crippen LogP contribution in [0.2, 0.25) is 0 Å². The van der Waals surface area contributed by atoms with E-state index in [0.717, 1.165) is 0 Å². The molecule has 1 aliphatic heterocycles. The van der Waals surface area contributed by atoms with Gasteiger partial charge in [-0.25, -0.2) is 0 Å². The van der Waals surface area contributed by atoms with Crippen molar-refractivity contribution in [2.24, 2.45) is 17.6 Å². The topological polar surface area (TPSA) is 135 Å². The molecule has 2 aliphatic rings. The van der Waals surface area contributed by atoms with Crippen LogP contribution in [0.1, 0.15) is 20.3 Å². The molecular weight excluding hydrogens is 306 g/mol. The quantitative estimate of drug-likeness (QED) is 0.406. The van der Waals surface area contributed by atoms with Crippen LogP contribution >= 0.6 is 0 Å². The molecule has 0 spiro atoms. The summed E-state index contributed by atoms with van der Waals surface area (Å²) in [6, 6.07) is -0.368. The van der Waals surface area contributed by atoms with Crippen molar-refractivity contribution < 1.29 is 34.6 Å². The average molecular weight is 335 g/mol. The van der Waals surface area contributed by atoms with E-state index < -0.39 is 42.7 Å². The van der Waals surface area contributed by atoms with Crippen molar-refractivity contribution in [3.8, 4) is 0 Å². The van der Waals surface area contributed by atoms with Crippen molar-refractivity contribution in [1.29, 1.82) is 0 Å². The van der Waals surface area contributed by atoms with Crippen LogP contribution < -0.4 is 5.73 Å². The van der Waals surface area contributed by atoms with Crippen LogP contribution in [-0.4, -0.2) is 83.1 Å². The Morgan fingerprint density at radius 1 is 1.13 bits per heavy atom. The largest absolute Gasteiger partial charge is 0.396 e. The van der Waals surface area contributed by atoms with Crippen LogP contribution in [0.3, 0.4) is 0 Å². The zero-order valence-electron chi connectivity index (χ0n) is 13.8. The lowest BCUT2D eigenvalue weighted by molar-refractivity contribution is -0.283. The Kier molecular flexibility index (Phi) is 6.37. The Bertz CT molecular complexity index is 381. The van der Waals surface area contributed by atoms with Crippen molar-refractivity contribution in [2.75, 3.05) is 13.7 Å². The van der Waals surface area contributed by atoms with Gasteiger partial charge in [0.15, 0.2) is 6.29 Å². The number of hydrogen-bond acceptors (Lipinski definition) is 8. The molecule has 1 heterocycles. The lowest BCUT2D eigenvalue weighted by Crippen LogP contribution is -2.62. The van der Waals surface area contributed by atoms with E-state index in [9.17, 15) is 20.4 Å². The summed E-state index contributed by atoms with van der Waals surface area (Å²) >= 11 is 0. The predicted octanol–water partition coefficient (Wildman–Crippen LogP) is -1.81. The first-order valence-electron chi connectivity index (χ1n) is 8.06. The van der Waals surface area contributed by atoms with Gasteiger partial charge in [0.05, 0.1) is 18.3 Å². The van der Waals surface area contributed by atoms with Crippen molar-refractivity contribution in [3.63, 3.8) is 0 Å². The number of rotatable bonds is 4. The molecule has 8 heteroatoms. The normalized spacial score (nSPS) is 51.7. The minimum atomic E-state index is -1.39. The second-order valence-corrected chi connectivity index (χ2v) is 6.67. The van der Waals surface area contributed by atoms with Gasteiger partial charge >= 0.3 is 0 Å². The number of methoxy groups -OCH3 is 1. The number of aliphatic hydroxyl groups is 4. The minimum absolute atomic E-state index is 0.0243. The van der Waals surface area contributed by atoms with Gasteiger partial charge in [0.2, 0.25) is 0 Å². The van der Waals surface area contributed by atoms with E-state index in [1.807, 2.05) is 13.8 Å². The SMILES string of the molecule is COC1OC(C)C(C)C(N)C1OC1CC(CO)C(O)C(O)C1O. The molecular formula is C15H29NO7. The van der Waals surface area contributed by atoms with Crippen molar-refractivity contribution in [2.45, 2.75) is 69.2 Å². The van der Waals surface area contributed by atoms with Gasteiger partial charge in [-0.05, 0) is 19.3 Å². The third-order valence-corrected chi connectivity index (χ3v) is 5.24. The van der Waals surface area contributed by atoms with Gasteiger partial charge in [0.1, 0.15) is 18.3 Å². The van der Waals surface area contributed by atoms with Crippen molar-refractivity contribution >= 4 is 0 Å². The molecule has 8 nitrogen and oxygen atoms in total. The third-order valence-electron chi connectivity index (χ3n) is 5.24. The molecule has 0 aromatic heterocycles. The van der Waals surface area contributed by atoms with E-state index in [2.05, 4.69) is 0 Å². The van der Waals surface area contributed by atoms with E-state index in [-0.39, 0.29) is 31.1 Å². The highest BCUT2D eigenvalue weighted by atomic mass is 16.7. The Morgan fingerprint density at radius 2 is 1.78 bits per heavy atom. The second-order valence-electron chi connectivity index (χ2n) is 6.67. The molecule has 6 N–H and O–H groups in total. The molecule has 0 aromatic carbocycles. The first kappa shape index (κ1) is 19.0. The van der Waals surface area contributed by atoms with Gasteiger partial charge in [-0.15, -0.1) is 0 Å². The molecule has 1 saturated heterocycles. The van der Waals surface area contributed by atoms with E-state index in [4.69, 9.17) is 19.9 Å². The first-order valence-corrected chi connectivity index (χ1v) is 8.06. The van der Waals surface area contributed by atoms with Gasteiger partial charge < -0.3 is 40.4 Å². The molecule has 2 fully saturated rings. The molecule has 23 heavy (non-hydrogen) atoms. The maximum atomic E-state index is 10.2. The molecule has 0 aromatic rings. The Morgan fingerprint density at radius 3 is 2.35 bits per heavy atom. The Labute approximate surface area is 136 Å². The Hall–Kier alpha value is -0.320. The molecule has 1 aliphatic carbocycles. The summed E-state index contributed by atoms with van der Waals surface area (Å²) < 4.78 is 17.0. The highest BCUT2D eigenvalue weighted by Gasteiger charge is 2.47. The molecule has 10 atom stereocenters. The second kappa shape index (κ2) is 7.71. The highest BCUT2D eigenvalue weighted by Crippen LogP contribution is 2.33. The standard InChI is InChI=1S/C15H29NO7/c1-6-7(2)22-15(21-3)14(10(6)16)23-9-4-8(5-17)11(18)13(20)12(9)19/h6-15,17-20H,4-5,16H2,1-3H3. The van der Waals surface area contributed by atoms with Crippen LogP contribution in [0.5, 0.6) is 0 Å². The fourth-order valence-corrected chi connectivity index (χ4v) is 3.35. The summed E-state index contributed by atoms with van der Waals surface area (Å²) in [6.45, 7) is 3.55. The maximum Gasteiger partial charge on any atom is 0.185 e. The number of nitrogens with two attached hydrogens (primary N) is 1. The van der Waals surface area contributed by atoms with Crippen LogP contribution in [0, 0.1) is 11.8 Å². The van der Waals surface area contributed by atoms with Gasteiger partial charge in [-0.3, -0.25) is 0 Å². The zero-order chi connectivity index (χ0) is 17.3. The molecule has 0 radical (unpaired) electrons. The number of aliphatic hydroxyl groups excluding tert-OH is 4. The van der Waals surface area contributed by atoms with E-state index >= 15 is 0 Å². The predicted molar refractivity (Wildman–Crippen MR) is 80.4 cm³/mol. The van der Waals surface area contributed by atoms with Gasteiger partial charge in [-0.2, -0.15) is 0 Å². The lowest BCUT2D eigenvalue weighted by Gasteiger charge is -2.46. The van der Waals surface area contributed by atoms with Crippen molar-refractivity contribution in [1.82, 2.24) is 0 Å². The zero-order valence-corrected chi connectivity index (χ0v) is 13.8.